The van der Waals surface area contributed by atoms with Crippen LogP contribution in [0.5, 0.6) is 0 Å². The molecular formula is C16H24O. The zero-order valence-corrected chi connectivity index (χ0v) is 10.9. The summed E-state index contributed by atoms with van der Waals surface area (Å²) in [5.41, 5.74) is 2.84. The Bertz CT molecular complexity index is 328. The van der Waals surface area contributed by atoms with Crippen LogP contribution < -0.4 is 0 Å². The smallest absolute Gasteiger partial charge is 0.0543 e. The second-order valence-electron chi connectivity index (χ2n) is 5.41. The average Bonchev–Trinajstić information content (AvgIpc) is 2.55. The Morgan fingerprint density at radius 2 is 1.71 bits per heavy atom. The molecule has 1 fully saturated rings. The second kappa shape index (κ2) is 6.20. The normalized spacial score (nSPS) is 25.5. The molecule has 94 valence electrons. The van der Waals surface area contributed by atoms with Gasteiger partial charge < -0.3 is 5.11 Å². The fraction of sp³-hybridized carbons (Fsp3) is 0.625. The first-order valence-corrected chi connectivity index (χ1v) is 7.04. The molecule has 2 rings (SSSR count). The van der Waals surface area contributed by atoms with Gasteiger partial charge >= 0.3 is 0 Å². The molecule has 0 aromatic heterocycles. The van der Waals surface area contributed by atoms with Crippen molar-refractivity contribution < 1.29 is 5.11 Å². The monoisotopic (exact) mass is 232 g/mol. The fourth-order valence-corrected chi connectivity index (χ4v) is 2.86. The van der Waals surface area contributed by atoms with Gasteiger partial charge in [-0.3, -0.25) is 0 Å². The lowest BCUT2D eigenvalue weighted by atomic mass is 9.91. The lowest BCUT2D eigenvalue weighted by Crippen LogP contribution is -2.12. The van der Waals surface area contributed by atoms with Crippen LogP contribution in [-0.4, -0.2) is 11.2 Å². The molecule has 0 radical (unpaired) electrons. The van der Waals surface area contributed by atoms with Crippen molar-refractivity contribution in [3.8, 4) is 0 Å². The van der Waals surface area contributed by atoms with Crippen LogP contribution in [-0.2, 0) is 12.8 Å². The SMILES string of the molecule is CCc1ccc(CC2CCCCC(O)C2)cc1. The molecule has 1 aromatic carbocycles. The Kier molecular flexibility index (Phi) is 4.61. The van der Waals surface area contributed by atoms with E-state index in [-0.39, 0.29) is 6.10 Å². The van der Waals surface area contributed by atoms with Crippen LogP contribution in [0.15, 0.2) is 24.3 Å². The molecule has 1 aromatic rings. The van der Waals surface area contributed by atoms with Gasteiger partial charge in [0.15, 0.2) is 0 Å². The van der Waals surface area contributed by atoms with E-state index < -0.39 is 0 Å². The maximum absolute atomic E-state index is 9.82. The summed E-state index contributed by atoms with van der Waals surface area (Å²) in [6, 6.07) is 9.00. The van der Waals surface area contributed by atoms with Gasteiger partial charge in [0, 0.05) is 0 Å². The molecular weight excluding hydrogens is 208 g/mol. The number of aliphatic hydroxyl groups excluding tert-OH is 1. The lowest BCUT2D eigenvalue weighted by molar-refractivity contribution is 0.141. The van der Waals surface area contributed by atoms with E-state index in [9.17, 15) is 5.11 Å². The first-order valence-electron chi connectivity index (χ1n) is 7.04. The highest BCUT2D eigenvalue weighted by atomic mass is 16.3. The third kappa shape index (κ3) is 3.85. The van der Waals surface area contributed by atoms with Crippen molar-refractivity contribution in [1.29, 1.82) is 0 Å². The van der Waals surface area contributed by atoms with Crippen LogP contribution in [0.3, 0.4) is 0 Å². The van der Waals surface area contributed by atoms with Crippen LogP contribution in [0.2, 0.25) is 0 Å². The Balaban J connectivity index is 1.94. The van der Waals surface area contributed by atoms with Crippen LogP contribution in [0.4, 0.5) is 0 Å². The van der Waals surface area contributed by atoms with Crippen molar-refractivity contribution >= 4 is 0 Å². The van der Waals surface area contributed by atoms with Crippen molar-refractivity contribution in [2.24, 2.45) is 5.92 Å². The molecule has 1 heteroatoms. The van der Waals surface area contributed by atoms with Gasteiger partial charge in [-0.25, -0.2) is 0 Å². The van der Waals surface area contributed by atoms with Crippen LogP contribution in [0, 0.1) is 5.92 Å². The molecule has 1 aliphatic carbocycles. The molecule has 1 nitrogen and oxygen atoms in total. The molecule has 2 atom stereocenters. The molecule has 1 aliphatic rings. The largest absolute Gasteiger partial charge is 0.393 e. The molecule has 2 unspecified atom stereocenters. The summed E-state index contributed by atoms with van der Waals surface area (Å²) in [5.74, 6) is 0.681. The highest BCUT2D eigenvalue weighted by Crippen LogP contribution is 2.26. The van der Waals surface area contributed by atoms with Gasteiger partial charge in [-0.1, -0.05) is 50.5 Å². The van der Waals surface area contributed by atoms with E-state index in [4.69, 9.17) is 0 Å². The highest BCUT2D eigenvalue weighted by Gasteiger charge is 2.18. The summed E-state index contributed by atoms with van der Waals surface area (Å²) in [5, 5.41) is 9.82. The first kappa shape index (κ1) is 12.6. The topological polar surface area (TPSA) is 20.2 Å². The van der Waals surface area contributed by atoms with Gasteiger partial charge in [0.2, 0.25) is 0 Å². The minimum atomic E-state index is -0.0579. The van der Waals surface area contributed by atoms with Crippen molar-refractivity contribution in [3.05, 3.63) is 35.4 Å². The Hall–Kier alpha value is -0.820. The van der Waals surface area contributed by atoms with Crippen LogP contribution in [0.25, 0.3) is 0 Å². The van der Waals surface area contributed by atoms with Gasteiger partial charge in [-0.2, -0.15) is 0 Å². The molecule has 0 amide bonds. The summed E-state index contributed by atoms with van der Waals surface area (Å²) in [6.07, 6.45) is 7.97. The number of aliphatic hydroxyl groups is 1. The van der Waals surface area contributed by atoms with E-state index in [0.29, 0.717) is 5.92 Å². The molecule has 0 bridgehead atoms. The summed E-state index contributed by atoms with van der Waals surface area (Å²) < 4.78 is 0. The minimum absolute atomic E-state index is 0.0579. The Labute approximate surface area is 105 Å². The van der Waals surface area contributed by atoms with E-state index in [1.165, 1.54) is 30.4 Å². The summed E-state index contributed by atoms with van der Waals surface area (Å²) in [4.78, 5) is 0. The number of benzene rings is 1. The second-order valence-corrected chi connectivity index (χ2v) is 5.41. The average molecular weight is 232 g/mol. The van der Waals surface area contributed by atoms with E-state index in [1.807, 2.05) is 0 Å². The quantitative estimate of drug-likeness (QED) is 0.787. The van der Waals surface area contributed by atoms with Crippen molar-refractivity contribution in [2.75, 3.05) is 0 Å². The first-order chi connectivity index (χ1) is 8.28. The van der Waals surface area contributed by atoms with Gasteiger partial charge in [-0.15, -0.1) is 0 Å². The van der Waals surface area contributed by atoms with Crippen molar-refractivity contribution in [1.82, 2.24) is 0 Å². The lowest BCUT2D eigenvalue weighted by Gasteiger charge is -2.16. The zero-order valence-electron chi connectivity index (χ0n) is 10.9. The van der Waals surface area contributed by atoms with Gasteiger partial charge in [0.05, 0.1) is 6.10 Å². The highest BCUT2D eigenvalue weighted by molar-refractivity contribution is 5.22. The number of aryl methyl sites for hydroxylation is 1. The van der Waals surface area contributed by atoms with E-state index >= 15 is 0 Å². The maximum atomic E-state index is 9.82. The molecule has 1 saturated carbocycles. The van der Waals surface area contributed by atoms with E-state index in [0.717, 1.165) is 25.7 Å². The van der Waals surface area contributed by atoms with Crippen molar-refractivity contribution in [2.45, 2.75) is 58.0 Å². The van der Waals surface area contributed by atoms with Crippen LogP contribution in [0.1, 0.15) is 50.2 Å². The number of hydrogen-bond donors (Lipinski definition) is 1. The third-order valence-corrected chi connectivity index (χ3v) is 3.96. The molecule has 0 spiro atoms. The minimum Gasteiger partial charge on any atom is -0.393 e. The molecule has 1 N–H and O–H groups in total. The molecule has 0 aliphatic heterocycles. The molecule has 0 heterocycles. The summed E-state index contributed by atoms with van der Waals surface area (Å²) in [6.45, 7) is 2.19. The van der Waals surface area contributed by atoms with Gasteiger partial charge in [0.25, 0.3) is 0 Å². The number of rotatable bonds is 3. The Morgan fingerprint density at radius 3 is 2.41 bits per heavy atom. The fourth-order valence-electron chi connectivity index (χ4n) is 2.86. The van der Waals surface area contributed by atoms with Crippen LogP contribution >= 0.6 is 0 Å². The van der Waals surface area contributed by atoms with Gasteiger partial charge in [0.1, 0.15) is 0 Å². The predicted octanol–water partition coefficient (Wildman–Crippen LogP) is 3.73. The van der Waals surface area contributed by atoms with E-state index in [1.54, 1.807) is 0 Å². The number of hydrogen-bond acceptors (Lipinski definition) is 1. The van der Waals surface area contributed by atoms with Gasteiger partial charge in [-0.05, 0) is 42.7 Å². The predicted molar refractivity (Wildman–Crippen MR) is 72.1 cm³/mol. The maximum Gasteiger partial charge on any atom is 0.0543 e. The Morgan fingerprint density at radius 1 is 1.06 bits per heavy atom. The standard InChI is InChI=1S/C16H24O/c1-2-13-7-9-14(10-8-13)11-15-5-3-4-6-16(17)12-15/h7-10,15-17H,2-6,11-12H2,1H3. The summed E-state index contributed by atoms with van der Waals surface area (Å²) >= 11 is 0. The van der Waals surface area contributed by atoms with E-state index in [2.05, 4.69) is 31.2 Å². The molecule has 0 saturated heterocycles. The molecule has 17 heavy (non-hydrogen) atoms. The third-order valence-electron chi connectivity index (χ3n) is 3.96. The zero-order chi connectivity index (χ0) is 12.1. The van der Waals surface area contributed by atoms with Crippen molar-refractivity contribution in [3.63, 3.8) is 0 Å². The summed E-state index contributed by atoms with van der Waals surface area (Å²) in [7, 11) is 0.